The molecule has 2 aliphatic heterocycles. The van der Waals surface area contributed by atoms with E-state index in [4.69, 9.17) is 4.74 Å². The summed E-state index contributed by atoms with van der Waals surface area (Å²) >= 11 is 0. The van der Waals surface area contributed by atoms with Crippen LogP contribution in [0.2, 0.25) is 0 Å². The van der Waals surface area contributed by atoms with Crippen LogP contribution < -0.4 is 4.74 Å². The molecule has 1 unspecified atom stereocenters. The summed E-state index contributed by atoms with van der Waals surface area (Å²) in [7, 11) is 0. The number of likely N-dealkylation sites (tertiary alicyclic amines) is 1. The molecule has 1 saturated heterocycles. The number of hydrogen-bond acceptors (Lipinski definition) is 3. The Morgan fingerprint density at radius 3 is 2.64 bits per heavy atom. The van der Waals surface area contributed by atoms with Gasteiger partial charge >= 0.3 is 0 Å². The number of nitrogens with zero attached hydrogens (tertiary/aromatic N) is 2. The smallest absolute Gasteiger partial charge is 0.127 e. The fourth-order valence-corrected chi connectivity index (χ4v) is 5.73. The van der Waals surface area contributed by atoms with E-state index in [9.17, 15) is 0 Å². The molecule has 33 heavy (non-hydrogen) atoms. The maximum Gasteiger partial charge on any atom is 0.127 e. The minimum absolute atomic E-state index is 0.789. The van der Waals surface area contributed by atoms with Crippen molar-refractivity contribution in [1.29, 1.82) is 0 Å². The Hall–Kier alpha value is -2.36. The molecule has 3 nitrogen and oxygen atoms in total. The Kier molecular flexibility index (Phi) is 6.99. The van der Waals surface area contributed by atoms with Crippen LogP contribution in [-0.2, 0) is 13.0 Å². The van der Waals surface area contributed by atoms with Crippen LogP contribution >= 0.6 is 0 Å². The number of fused-ring (bicyclic) bond motifs is 2. The second-order valence-electron chi connectivity index (χ2n) is 10.2. The number of aryl methyl sites for hydroxylation is 2. The summed E-state index contributed by atoms with van der Waals surface area (Å²) in [5.41, 5.74) is 6.01. The Morgan fingerprint density at radius 2 is 1.73 bits per heavy atom. The number of rotatable bonds is 7. The molecular weight excluding hydrogens is 404 g/mol. The largest absolute Gasteiger partial charge is 0.493 e. The summed E-state index contributed by atoms with van der Waals surface area (Å²) in [5, 5.41) is 2.46. The molecule has 2 heterocycles. The highest BCUT2D eigenvalue weighted by atomic mass is 16.5. The van der Waals surface area contributed by atoms with Gasteiger partial charge in [0.2, 0.25) is 0 Å². The highest BCUT2D eigenvalue weighted by molar-refractivity contribution is 5.88. The quantitative estimate of drug-likeness (QED) is 0.418. The summed E-state index contributed by atoms with van der Waals surface area (Å²) < 4.78 is 6.18. The van der Waals surface area contributed by atoms with E-state index >= 15 is 0 Å². The van der Waals surface area contributed by atoms with Crippen LogP contribution in [-0.4, -0.2) is 49.1 Å². The van der Waals surface area contributed by atoms with Crippen molar-refractivity contribution in [1.82, 2.24) is 9.80 Å². The van der Waals surface area contributed by atoms with Crippen molar-refractivity contribution < 1.29 is 4.74 Å². The van der Waals surface area contributed by atoms with Crippen molar-refractivity contribution in [2.24, 2.45) is 5.92 Å². The Balaban J connectivity index is 1.08. The van der Waals surface area contributed by atoms with Gasteiger partial charge in [0.15, 0.2) is 0 Å². The fourth-order valence-electron chi connectivity index (χ4n) is 5.73. The van der Waals surface area contributed by atoms with Crippen LogP contribution in [0.1, 0.15) is 41.5 Å². The number of piperidine rings is 1. The second kappa shape index (κ2) is 10.3. The standard InChI is InChI=1S/C30H38N2O/c1-23-18-27-13-16-32(22-28(27)19-24(23)2)21-25-8-6-14-31(20-25)15-7-17-33-30-12-5-10-26-9-3-4-11-29(26)30/h3-5,9-12,18-19,25H,6-8,13-17,20-22H2,1-2H3. The van der Waals surface area contributed by atoms with E-state index < -0.39 is 0 Å². The van der Waals surface area contributed by atoms with Crippen molar-refractivity contribution in [2.45, 2.75) is 46.1 Å². The highest BCUT2D eigenvalue weighted by Crippen LogP contribution is 2.27. The molecule has 0 bridgehead atoms. The monoisotopic (exact) mass is 442 g/mol. The molecule has 174 valence electrons. The first-order valence-corrected chi connectivity index (χ1v) is 12.8. The average molecular weight is 443 g/mol. The molecule has 2 aliphatic rings. The molecule has 3 aromatic rings. The molecule has 5 rings (SSSR count). The van der Waals surface area contributed by atoms with Crippen LogP contribution in [0.5, 0.6) is 5.75 Å². The summed E-state index contributed by atoms with van der Waals surface area (Å²) in [6, 6.07) is 19.7. The van der Waals surface area contributed by atoms with Gasteiger partial charge in [-0.15, -0.1) is 0 Å². The lowest BCUT2D eigenvalue weighted by atomic mass is 9.92. The summed E-state index contributed by atoms with van der Waals surface area (Å²) in [5.74, 6) is 1.81. The first-order chi connectivity index (χ1) is 16.2. The van der Waals surface area contributed by atoms with Gasteiger partial charge in [-0.3, -0.25) is 4.90 Å². The molecule has 0 radical (unpaired) electrons. The first-order valence-electron chi connectivity index (χ1n) is 12.8. The first kappa shape index (κ1) is 22.4. The van der Waals surface area contributed by atoms with Crippen LogP contribution in [0.4, 0.5) is 0 Å². The van der Waals surface area contributed by atoms with E-state index in [2.05, 4.69) is 78.2 Å². The molecular formula is C30H38N2O. The van der Waals surface area contributed by atoms with Gasteiger partial charge in [-0.05, 0) is 85.7 Å². The van der Waals surface area contributed by atoms with Crippen molar-refractivity contribution in [3.63, 3.8) is 0 Å². The fraction of sp³-hybridized carbons (Fsp3) is 0.467. The van der Waals surface area contributed by atoms with E-state index in [1.807, 2.05) is 0 Å². The molecule has 3 heteroatoms. The van der Waals surface area contributed by atoms with Gasteiger partial charge in [0.1, 0.15) is 5.75 Å². The van der Waals surface area contributed by atoms with E-state index in [0.717, 1.165) is 37.8 Å². The van der Waals surface area contributed by atoms with Crippen LogP contribution in [0.3, 0.4) is 0 Å². The lowest BCUT2D eigenvalue weighted by molar-refractivity contribution is 0.121. The molecule has 0 saturated carbocycles. The van der Waals surface area contributed by atoms with Crippen LogP contribution in [0.25, 0.3) is 10.8 Å². The van der Waals surface area contributed by atoms with Crippen molar-refractivity contribution >= 4 is 10.8 Å². The highest BCUT2D eigenvalue weighted by Gasteiger charge is 2.24. The SMILES string of the molecule is Cc1cc2c(cc1C)CN(CC1CCCN(CCCOc3cccc4ccccc34)C1)CC2. The van der Waals surface area contributed by atoms with Gasteiger partial charge in [0.25, 0.3) is 0 Å². The average Bonchev–Trinajstić information content (AvgIpc) is 2.83. The zero-order chi connectivity index (χ0) is 22.6. The normalized spacial score (nSPS) is 19.5. The molecule has 0 amide bonds. The van der Waals surface area contributed by atoms with Gasteiger partial charge < -0.3 is 9.64 Å². The lowest BCUT2D eigenvalue weighted by Gasteiger charge is -2.37. The third-order valence-corrected chi connectivity index (χ3v) is 7.65. The Labute approximate surface area is 199 Å². The van der Waals surface area contributed by atoms with E-state index in [-0.39, 0.29) is 0 Å². The lowest BCUT2D eigenvalue weighted by Crippen LogP contribution is -2.42. The van der Waals surface area contributed by atoms with E-state index in [1.54, 1.807) is 11.1 Å². The number of hydrogen-bond donors (Lipinski definition) is 0. The minimum Gasteiger partial charge on any atom is -0.493 e. The minimum atomic E-state index is 0.789. The predicted molar refractivity (Wildman–Crippen MR) is 138 cm³/mol. The van der Waals surface area contributed by atoms with Crippen molar-refractivity contribution in [3.8, 4) is 5.75 Å². The second-order valence-corrected chi connectivity index (χ2v) is 10.2. The van der Waals surface area contributed by atoms with Gasteiger partial charge in [0.05, 0.1) is 6.61 Å². The van der Waals surface area contributed by atoms with Crippen LogP contribution in [0, 0.1) is 19.8 Å². The molecule has 0 N–H and O–H groups in total. The Morgan fingerprint density at radius 1 is 0.909 bits per heavy atom. The van der Waals surface area contributed by atoms with Crippen LogP contribution in [0.15, 0.2) is 54.6 Å². The van der Waals surface area contributed by atoms with Gasteiger partial charge in [-0.1, -0.05) is 48.5 Å². The van der Waals surface area contributed by atoms with Crippen molar-refractivity contribution in [3.05, 3.63) is 76.9 Å². The third kappa shape index (κ3) is 5.42. The third-order valence-electron chi connectivity index (χ3n) is 7.65. The van der Waals surface area contributed by atoms with E-state index in [0.29, 0.717) is 0 Å². The summed E-state index contributed by atoms with van der Waals surface area (Å²) in [6.07, 6.45) is 5.00. The summed E-state index contributed by atoms with van der Waals surface area (Å²) in [6.45, 7) is 12.5. The predicted octanol–water partition coefficient (Wildman–Crippen LogP) is 6.00. The summed E-state index contributed by atoms with van der Waals surface area (Å²) in [4.78, 5) is 5.38. The number of ether oxygens (including phenoxy) is 1. The maximum atomic E-state index is 6.18. The van der Waals surface area contributed by atoms with Gasteiger partial charge in [0, 0.05) is 38.1 Å². The van der Waals surface area contributed by atoms with Crippen molar-refractivity contribution in [2.75, 3.05) is 39.3 Å². The zero-order valence-corrected chi connectivity index (χ0v) is 20.4. The molecule has 0 spiro atoms. The Bertz CT molecular complexity index is 1090. The van der Waals surface area contributed by atoms with Gasteiger partial charge in [-0.25, -0.2) is 0 Å². The molecule has 1 fully saturated rings. The van der Waals surface area contributed by atoms with Gasteiger partial charge in [-0.2, -0.15) is 0 Å². The number of benzene rings is 3. The van der Waals surface area contributed by atoms with E-state index in [1.165, 1.54) is 67.3 Å². The molecule has 0 aliphatic carbocycles. The topological polar surface area (TPSA) is 15.7 Å². The maximum absolute atomic E-state index is 6.18. The zero-order valence-electron chi connectivity index (χ0n) is 20.4. The molecule has 3 aromatic carbocycles. The molecule has 1 atom stereocenters. The molecule has 0 aromatic heterocycles.